The van der Waals surface area contributed by atoms with Crippen molar-refractivity contribution in [2.24, 2.45) is 5.92 Å². The number of benzene rings is 1. The summed E-state index contributed by atoms with van der Waals surface area (Å²) in [5, 5.41) is 7.08. The highest BCUT2D eigenvalue weighted by Gasteiger charge is 2.21. The monoisotopic (exact) mass is 352 g/mol. The molecule has 2 amide bonds. The molecular weight excluding hydrogens is 328 g/mol. The SMILES string of the molecule is CC(C)Cn1nccc1NC(=O)/C=C/c1ccc(N2CCCC2=O)cc1. The summed E-state index contributed by atoms with van der Waals surface area (Å²) in [6.07, 6.45) is 6.47. The Morgan fingerprint density at radius 1 is 1.27 bits per heavy atom. The van der Waals surface area contributed by atoms with E-state index in [1.165, 1.54) is 6.08 Å². The second kappa shape index (κ2) is 7.99. The molecule has 6 nitrogen and oxygen atoms in total. The molecule has 0 spiro atoms. The van der Waals surface area contributed by atoms with E-state index in [2.05, 4.69) is 24.3 Å². The van der Waals surface area contributed by atoms with Gasteiger partial charge in [0.25, 0.3) is 0 Å². The summed E-state index contributed by atoms with van der Waals surface area (Å²) in [5.74, 6) is 1.11. The van der Waals surface area contributed by atoms with Gasteiger partial charge in [-0.05, 0) is 36.1 Å². The molecule has 1 aromatic carbocycles. The largest absolute Gasteiger partial charge is 0.312 e. The van der Waals surface area contributed by atoms with E-state index in [9.17, 15) is 9.59 Å². The highest BCUT2D eigenvalue weighted by molar-refractivity contribution is 6.01. The Morgan fingerprint density at radius 3 is 2.69 bits per heavy atom. The van der Waals surface area contributed by atoms with Gasteiger partial charge in [0.15, 0.2) is 0 Å². The number of aromatic nitrogens is 2. The standard InChI is InChI=1S/C20H24N4O2/c1-15(2)14-24-18(11-12-21-24)22-19(25)10-7-16-5-8-17(9-6-16)23-13-3-4-20(23)26/h5-12,15H,3-4,13-14H2,1-2H3,(H,22,25)/b10-7+. The van der Waals surface area contributed by atoms with Crippen LogP contribution in [-0.2, 0) is 16.1 Å². The van der Waals surface area contributed by atoms with Gasteiger partial charge in [0.05, 0.1) is 6.20 Å². The molecule has 26 heavy (non-hydrogen) atoms. The molecule has 0 radical (unpaired) electrons. The summed E-state index contributed by atoms with van der Waals surface area (Å²) in [7, 11) is 0. The minimum absolute atomic E-state index is 0.172. The smallest absolute Gasteiger partial charge is 0.249 e. The van der Waals surface area contributed by atoms with Crippen LogP contribution in [-0.4, -0.2) is 28.1 Å². The first-order valence-electron chi connectivity index (χ1n) is 8.94. The lowest BCUT2D eigenvalue weighted by atomic mass is 10.2. The molecule has 1 aromatic heterocycles. The third kappa shape index (κ3) is 4.39. The average Bonchev–Trinajstić information content (AvgIpc) is 3.22. The van der Waals surface area contributed by atoms with E-state index in [-0.39, 0.29) is 11.8 Å². The van der Waals surface area contributed by atoms with Crippen LogP contribution in [0.2, 0.25) is 0 Å². The highest BCUT2D eigenvalue weighted by atomic mass is 16.2. The number of hydrogen-bond acceptors (Lipinski definition) is 3. The Morgan fingerprint density at radius 2 is 2.04 bits per heavy atom. The van der Waals surface area contributed by atoms with Gasteiger partial charge in [-0.15, -0.1) is 0 Å². The van der Waals surface area contributed by atoms with Crippen LogP contribution in [0.15, 0.2) is 42.6 Å². The maximum atomic E-state index is 12.1. The predicted octanol–water partition coefficient (Wildman–Crippen LogP) is 3.32. The van der Waals surface area contributed by atoms with Crippen molar-refractivity contribution in [2.75, 3.05) is 16.8 Å². The van der Waals surface area contributed by atoms with E-state index in [0.717, 1.165) is 30.8 Å². The third-order valence-electron chi connectivity index (χ3n) is 4.21. The highest BCUT2D eigenvalue weighted by Crippen LogP contribution is 2.22. The molecule has 0 aliphatic carbocycles. The summed E-state index contributed by atoms with van der Waals surface area (Å²) < 4.78 is 1.79. The molecule has 0 atom stereocenters. The molecule has 0 bridgehead atoms. The quantitative estimate of drug-likeness (QED) is 0.811. The molecule has 1 aliphatic heterocycles. The van der Waals surface area contributed by atoms with Crippen molar-refractivity contribution in [1.29, 1.82) is 0 Å². The topological polar surface area (TPSA) is 67.2 Å². The number of anilines is 2. The van der Waals surface area contributed by atoms with Gasteiger partial charge >= 0.3 is 0 Å². The van der Waals surface area contributed by atoms with Crippen molar-refractivity contribution in [3.05, 3.63) is 48.2 Å². The molecule has 1 N–H and O–H groups in total. The minimum Gasteiger partial charge on any atom is -0.312 e. The number of amides is 2. The van der Waals surface area contributed by atoms with Crippen LogP contribution in [0, 0.1) is 5.92 Å². The van der Waals surface area contributed by atoms with Gasteiger partial charge in [-0.3, -0.25) is 9.59 Å². The number of carbonyl (C=O) groups is 2. The summed E-state index contributed by atoms with van der Waals surface area (Å²) in [5.41, 5.74) is 1.82. The first kappa shape index (κ1) is 17.9. The van der Waals surface area contributed by atoms with Crippen molar-refractivity contribution in [1.82, 2.24) is 9.78 Å². The third-order valence-corrected chi connectivity index (χ3v) is 4.21. The Labute approximate surface area is 153 Å². The normalized spacial score (nSPS) is 14.6. The van der Waals surface area contributed by atoms with Crippen LogP contribution in [0.1, 0.15) is 32.3 Å². The Bertz CT molecular complexity index is 805. The average molecular weight is 352 g/mol. The maximum absolute atomic E-state index is 12.1. The molecule has 1 aliphatic rings. The van der Waals surface area contributed by atoms with Crippen LogP contribution in [0.4, 0.5) is 11.5 Å². The summed E-state index contributed by atoms with van der Waals surface area (Å²) >= 11 is 0. The van der Waals surface area contributed by atoms with Crippen LogP contribution in [0.25, 0.3) is 6.08 Å². The molecular formula is C20H24N4O2. The fourth-order valence-electron chi connectivity index (χ4n) is 2.96. The molecule has 0 saturated carbocycles. The Balaban J connectivity index is 1.60. The molecule has 0 unspecified atom stereocenters. The van der Waals surface area contributed by atoms with Crippen molar-refractivity contribution in [3.8, 4) is 0 Å². The molecule has 2 heterocycles. The number of nitrogens with zero attached hydrogens (tertiary/aromatic N) is 3. The molecule has 1 saturated heterocycles. The molecule has 2 aromatic rings. The zero-order valence-corrected chi connectivity index (χ0v) is 15.2. The van der Waals surface area contributed by atoms with Gasteiger partial charge in [0.1, 0.15) is 5.82 Å². The fraction of sp³-hybridized carbons (Fsp3) is 0.350. The van der Waals surface area contributed by atoms with Gasteiger partial charge < -0.3 is 10.2 Å². The molecule has 3 rings (SSSR count). The maximum Gasteiger partial charge on any atom is 0.249 e. The summed E-state index contributed by atoms with van der Waals surface area (Å²) in [6.45, 7) is 5.74. The number of hydrogen-bond donors (Lipinski definition) is 1. The lowest BCUT2D eigenvalue weighted by Gasteiger charge is -2.15. The van der Waals surface area contributed by atoms with Crippen molar-refractivity contribution in [3.63, 3.8) is 0 Å². The number of rotatable bonds is 6. The number of carbonyl (C=O) groups excluding carboxylic acids is 2. The van der Waals surface area contributed by atoms with E-state index in [4.69, 9.17) is 0 Å². The summed E-state index contributed by atoms with van der Waals surface area (Å²) in [4.78, 5) is 25.7. The van der Waals surface area contributed by atoms with Crippen molar-refractivity contribution in [2.45, 2.75) is 33.2 Å². The second-order valence-corrected chi connectivity index (χ2v) is 6.86. The zero-order chi connectivity index (χ0) is 18.5. The first-order valence-corrected chi connectivity index (χ1v) is 8.94. The van der Waals surface area contributed by atoms with Crippen LogP contribution >= 0.6 is 0 Å². The molecule has 1 fully saturated rings. The summed E-state index contributed by atoms with van der Waals surface area (Å²) in [6, 6.07) is 9.44. The lowest BCUT2D eigenvalue weighted by molar-refractivity contribution is -0.117. The zero-order valence-electron chi connectivity index (χ0n) is 15.2. The van der Waals surface area contributed by atoms with Crippen molar-refractivity contribution < 1.29 is 9.59 Å². The Kier molecular flexibility index (Phi) is 5.51. The Hall–Kier alpha value is -2.89. The van der Waals surface area contributed by atoms with Crippen LogP contribution < -0.4 is 10.2 Å². The van der Waals surface area contributed by atoms with Gasteiger partial charge in [0, 0.05) is 37.3 Å². The van der Waals surface area contributed by atoms with Gasteiger partial charge in [-0.25, -0.2) is 4.68 Å². The van der Waals surface area contributed by atoms with Crippen LogP contribution in [0.3, 0.4) is 0 Å². The molecule has 6 heteroatoms. The fourth-order valence-corrected chi connectivity index (χ4v) is 2.96. The first-order chi connectivity index (χ1) is 12.5. The number of nitrogens with one attached hydrogen (secondary N) is 1. The van der Waals surface area contributed by atoms with E-state index >= 15 is 0 Å². The second-order valence-electron chi connectivity index (χ2n) is 6.86. The van der Waals surface area contributed by atoms with E-state index in [1.54, 1.807) is 27.9 Å². The minimum atomic E-state index is -0.200. The lowest BCUT2D eigenvalue weighted by Crippen LogP contribution is -2.23. The van der Waals surface area contributed by atoms with Gasteiger partial charge in [-0.1, -0.05) is 26.0 Å². The van der Waals surface area contributed by atoms with E-state index in [1.807, 2.05) is 24.3 Å². The van der Waals surface area contributed by atoms with E-state index < -0.39 is 0 Å². The predicted molar refractivity (Wildman–Crippen MR) is 103 cm³/mol. The van der Waals surface area contributed by atoms with Gasteiger partial charge in [-0.2, -0.15) is 5.10 Å². The van der Waals surface area contributed by atoms with Crippen molar-refractivity contribution >= 4 is 29.4 Å². The van der Waals surface area contributed by atoms with Crippen LogP contribution in [0.5, 0.6) is 0 Å². The van der Waals surface area contributed by atoms with E-state index in [0.29, 0.717) is 18.2 Å². The van der Waals surface area contributed by atoms with Gasteiger partial charge in [0.2, 0.25) is 11.8 Å². The molecule has 136 valence electrons.